The summed E-state index contributed by atoms with van der Waals surface area (Å²) in [5.74, 6) is 0. The maximum atomic E-state index is 5.76. The Hall–Kier alpha value is -0.340. The first kappa shape index (κ1) is 15.1. The van der Waals surface area contributed by atoms with Gasteiger partial charge in [0.1, 0.15) is 6.10 Å². The summed E-state index contributed by atoms with van der Waals surface area (Å²) in [5, 5.41) is 1.16. The van der Waals surface area contributed by atoms with Crippen LogP contribution >= 0.6 is 15.9 Å². The lowest BCUT2D eigenvalue weighted by molar-refractivity contribution is 0.360. The van der Waals surface area contributed by atoms with E-state index in [0.29, 0.717) is 12.2 Å². The predicted molar refractivity (Wildman–Crippen MR) is 84.8 cm³/mol. The molecule has 1 fully saturated rings. The molecule has 106 valence electrons. The SMILES string of the molecule is BrCCCCCCCCC[C@H]1O[C@H]1c1ccccc1. The molecule has 0 unspecified atom stereocenters. The van der Waals surface area contributed by atoms with Gasteiger partial charge >= 0.3 is 0 Å². The van der Waals surface area contributed by atoms with Crippen molar-refractivity contribution in [3.63, 3.8) is 0 Å². The van der Waals surface area contributed by atoms with Crippen LogP contribution in [0.3, 0.4) is 0 Å². The highest BCUT2D eigenvalue weighted by Gasteiger charge is 2.38. The van der Waals surface area contributed by atoms with Crippen molar-refractivity contribution in [1.82, 2.24) is 0 Å². The molecule has 1 saturated heterocycles. The summed E-state index contributed by atoms with van der Waals surface area (Å²) in [6, 6.07) is 10.6. The molecule has 2 atom stereocenters. The van der Waals surface area contributed by atoms with Gasteiger partial charge in [0.25, 0.3) is 0 Å². The highest BCUT2D eigenvalue weighted by molar-refractivity contribution is 9.09. The maximum Gasteiger partial charge on any atom is 0.109 e. The van der Waals surface area contributed by atoms with Crippen LogP contribution in [0, 0.1) is 0 Å². The summed E-state index contributed by atoms with van der Waals surface area (Å²) in [4.78, 5) is 0. The Morgan fingerprint density at radius 3 is 2.16 bits per heavy atom. The smallest absolute Gasteiger partial charge is 0.109 e. The van der Waals surface area contributed by atoms with E-state index in [1.54, 1.807) is 0 Å². The second kappa shape index (κ2) is 8.76. The number of hydrogen-bond acceptors (Lipinski definition) is 1. The van der Waals surface area contributed by atoms with Gasteiger partial charge in [0.2, 0.25) is 0 Å². The minimum atomic E-state index is 0.389. The summed E-state index contributed by atoms with van der Waals surface area (Å²) >= 11 is 3.48. The first-order valence-corrected chi connectivity index (χ1v) is 8.80. The number of benzene rings is 1. The van der Waals surface area contributed by atoms with Gasteiger partial charge in [0.05, 0.1) is 6.10 Å². The Labute approximate surface area is 125 Å². The first-order valence-electron chi connectivity index (χ1n) is 7.68. The van der Waals surface area contributed by atoms with Crippen molar-refractivity contribution < 1.29 is 4.74 Å². The largest absolute Gasteiger partial charge is 0.365 e. The molecule has 1 aromatic carbocycles. The van der Waals surface area contributed by atoms with E-state index in [9.17, 15) is 0 Å². The van der Waals surface area contributed by atoms with Crippen LogP contribution in [-0.2, 0) is 4.74 Å². The van der Waals surface area contributed by atoms with Gasteiger partial charge in [0.15, 0.2) is 0 Å². The van der Waals surface area contributed by atoms with Crippen LogP contribution in [0.2, 0.25) is 0 Å². The molecule has 1 aliphatic heterocycles. The molecule has 0 amide bonds. The van der Waals surface area contributed by atoms with Gasteiger partial charge < -0.3 is 4.74 Å². The van der Waals surface area contributed by atoms with Crippen LogP contribution in [-0.4, -0.2) is 11.4 Å². The van der Waals surface area contributed by atoms with E-state index < -0.39 is 0 Å². The monoisotopic (exact) mass is 324 g/mol. The molecule has 1 aliphatic rings. The van der Waals surface area contributed by atoms with Gasteiger partial charge in [0, 0.05) is 5.33 Å². The summed E-state index contributed by atoms with van der Waals surface area (Å²) < 4.78 is 5.76. The molecule has 1 heterocycles. The van der Waals surface area contributed by atoms with E-state index in [1.807, 2.05) is 0 Å². The molecule has 2 rings (SSSR count). The zero-order valence-electron chi connectivity index (χ0n) is 11.7. The molecule has 0 bridgehead atoms. The topological polar surface area (TPSA) is 12.5 Å². The van der Waals surface area contributed by atoms with E-state index in [4.69, 9.17) is 4.74 Å². The van der Waals surface area contributed by atoms with Crippen molar-refractivity contribution in [2.45, 2.75) is 63.6 Å². The highest BCUT2D eigenvalue weighted by atomic mass is 79.9. The fourth-order valence-electron chi connectivity index (χ4n) is 2.62. The normalized spacial score (nSPS) is 21.5. The quantitative estimate of drug-likeness (QED) is 0.308. The third-order valence-corrected chi connectivity index (χ3v) is 4.39. The number of alkyl halides is 1. The number of unbranched alkanes of at least 4 members (excludes halogenated alkanes) is 6. The second-order valence-corrected chi connectivity index (χ2v) is 6.25. The molecule has 0 aromatic heterocycles. The van der Waals surface area contributed by atoms with Crippen molar-refractivity contribution in [1.29, 1.82) is 0 Å². The molecule has 0 radical (unpaired) electrons. The number of epoxide rings is 1. The summed E-state index contributed by atoms with van der Waals surface area (Å²) in [7, 11) is 0. The Morgan fingerprint density at radius 1 is 0.842 bits per heavy atom. The van der Waals surface area contributed by atoms with Gasteiger partial charge in [-0.1, -0.05) is 84.8 Å². The van der Waals surface area contributed by atoms with E-state index in [0.717, 1.165) is 5.33 Å². The average Bonchev–Trinajstić information content (AvgIpc) is 3.22. The summed E-state index contributed by atoms with van der Waals surface area (Å²) in [6.07, 6.45) is 11.7. The molecule has 0 N–H and O–H groups in total. The fraction of sp³-hybridized carbons (Fsp3) is 0.647. The molecular weight excluding hydrogens is 300 g/mol. The van der Waals surface area contributed by atoms with E-state index >= 15 is 0 Å². The van der Waals surface area contributed by atoms with Gasteiger partial charge in [-0.05, 0) is 18.4 Å². The zero-order valence-corrected chi connectivity index (χ0v) is 13.3. The van der Waals surface area contributed by atoms with Crippen LogP contribution in [0.1, 0.15) is 63.0 Å². The predicted octanol–water partition coefficient (Wildman–Crippen LogP) is 5.64. The molecule has 19 heavy (non-hydrogen) atoms. The zero-order chi connectivity index (χ0) is 13.3. The Balaban J connectivity index is 1.45. The van der Waals surface area contributed by atoms with Gasteiger partial charge in [-0.25, -0.2) is 0 Å². The minimum absolute atomic E-state index is 0.389. The van der Waals surface area contributed by atoms with Crippen LogP contribution in [0.4, 0.5) is 0 Å². The minimum Gasteiger partial charge on any atom is -0.365 e. The standard InChI is InChI=1S/C17H25BrO/c18-14-10-5-3-1-2-4-9-13-16-17(19-16)15-11-7-6-8-12-15/h6-8,11-12,16-17H,1-5,9-10,13-14H2/t16-,17+/m1/s1. The number of halogens is 1. The molecule has 1 aromatic rings. The summed E-state index contributed by atoms with van der Waals surface area (Å²) in [6.45, 7) is 0. The molecule has 2 heteroatoms. The number of hydrogen-bond donors (Lipinski definition) is 0. The van der Waals surface area contributed by atoms with Crippen LogP contribution in [0.5, 0.6) is 0 Å². The van der Waals surface area contributed by atoms with Crippen LogP contribution in [0.25, 0.3) is 0 Å². The highest BCUT2D eigenvalue weighted by Crippen LogP contribution is 2.41. The van der Waals surface area contributed by atoms with Crippen molar-refractivity contribution in [2.75, 3.05) is 5.33 Å². The van der Waals surface area contributed by atoms with Crippen molar-refractivity contribution in [2.24, 2.45) is 0 Å². The van der Waals surface area contributed by atoms with E-state index in [2.05, 4.69) is 46.3 Å². The van der Waals surface area contributed by atoms with E-state index in [-0.39, 0.29) is 0 Å². The molecular formula is C17H25BrO. The van der Waals surface area contributed by atoms with Crippen molar-refractivity contribution in [3.05, 3.63) is 35.9 Å². The van der Waals surface area contributed by atoms with Gasteiger partial charge in [-0.3, -0.25) is 0 Å². The van der Waals surface area contributed by atoms with Gasteiger partial charge in [-0.2, -0.15) is 0 Å². The molecule has 1 nitrogen and oxygen atoms in total. The molecule has 0 saturated carbocycles. The Morgan fingerprint density at radius 2 is 1.47 bits per heavy atom. The third kappa shape index (κ3) is 5.66. The lowest BCUT2D eigenvalue weighted by Crippen LogP contribution is -1.90. The van der Waals surface area contributed by atoms with Crippen molar-refractivity contribution >= 4 is 15.9 Å². The van der Waals surface area contributed by atoms with E-state index in [1.165, 1.54) is 56.9 Å². The average molecular weight is 325 g/mol. The maximum absolute atomic E-state index is 5.76. The first-order chi connectivity index (χ1) is 9.42. The number of ether oxygens (including phenoxy) is 1. The molecule has 0 spiro atoms. The summed E-state index contributed by atoms with van der Waals surface area (Å²) in [5.41, 5.74) is 1.35. The third-order valence-electron chi connectivity index (χ3n) is 3.83. The lowest BCUT2D eigenvalue weighted by Gasteiger charge is -2.00. The second-order valence-electron chi connectivity index (χ2n) is 5.46. The number of rotatable bonds is 10. The van der Waals surface area contributed by atoms with Gasteiger partial charge in [-0.15, -0.1) is 0 Å². The molecule has 0 aliphatic carbocycles. The van der Waals surface area contributed by atoms with Crippen LogP contribution in [0.15, 0.2) is 30.3 Å². The fourth-order valence-corrected chi connectivity index (χ4v) is 3.02. The van der Waals surface area contributed by atoms with Crippen molar-refractivity contribution in [3.8, 4) is 0 Å². The Kier molecular flexibility index (Phi) is 6.94. The van der Waals surface area contributed by atoms with Crippen LogP contribution < -0.4 is 0 Å². The lowest BCUT2D eigenvalue weighted by atomic mass is 10.0. The Bertz CT molecular complexity index is 338.